The average molecular weight is 296 g/mol. The number of nitrogens with zero attached hydrogens (tertiary/aromatic N) is 1. The third-order valence-electron chi connectivity index (χ3n) is 3.27. The van der Waals surface area contributed by atoms with Crippen molar-refractivity contribution in [3.8, 4) is 0 Å². The monoisotopic (exact) mass is 296 g/mol. The van der Waals surface area contributed by atoms with Crippen LogP contribution in [-0.4, -0.2) is 27.0 Å². The van der Waals surface area contributed by atoms with Gasteiger partial charge in [-0.25, -0.2) is 13.2 Å². The zero-order valence-corrected chi connectivity index (χ0v) is 12.3. The van der Waals surface area contributed by atoms with Crippen molar-refractivity contribution in [1.82, 2.24) is 0 Å². The summed E-state index contributed by atoms with van der Waals surface area (Å²) in [6, 6.07) is 8.50. The number of esters is 1. The van der Waals surface area contributed by atoms with E-state index < -0.39 is 26.4 Å². The molecule has 20 heavy (non-hydrogen) atoms. The quantitative estimate of drug-likeness (QED) is 0.821. The van der Waals surface area contributed by atoms with E-state index in [2.05, 4.69) is 4.74 Å². The predicted molar refractivity (Wildman–Crippen MR) is 75.1 cm³/mol. The summed E-state index contributed by atoms with van der Waals surface area (Å²) in [6.45, 7) is 3.28. The number of methoxy groups -OCH3 is 1. The Balaban J connectivity index is 2.68. The molecule has 0 bridgehead atoms. The van der Waals surface area contributed by atoms with Crippen LogP contribution >= 0.6 is 0 Å². The van der Waals surface area contributed by atoms with Crippen molar-refractivity contribution < 1.29 is 17.9 Å². The van der Waals surface area contributed by atoms with Gasteiger partial charge in [-0.05, 0) is 26.0 Å². The number of ether oxygens (including phenoxy) is 1. The molecule has 0 aromatic heterocycles. The first-order valence-electron chi connectivity index (χ1n) is 5.93. The minimum atomic E-state index is -4.04. The molecule has 1 heterocycles. The van der Waals surface area contributed by atoms with Crippen molar-refractivity contribution in [2.75, 3.05) is 11.4 Å². The SMILES string of the molecule is COC(=O)C1=C(N)C(C)(C)N(c2ccccc2)S1(=O)=O. The lowest BCUT2D eigenvalue weighted by molar-refractivity contribution is -0.135. The molecule has 1 aromatic carbocycles. The second kappa shape index (κ2) is 4.52. The largest absolute Gasteiger partial charge is 0.465 e. The van der Waals surface area contributed by atoms with Crippen LogP contribution in [0.1, 0.15) is 13.8 Å². The van der Waals surface area contributed by atoms with E-state index in [0.717, 1.165) is 11.4 Å². The Bertz CT molecular complexity index is 678. The third-order valence-corrected chi connectivity index (χ3v) is 5.32. The first-order chi connectivity index (χ1) is 9.24. The number of carbonyl (C=O) groups is 1. The molecule has 2 N–H and O–H groups in total. The fourth-order valence-corrected chi connectivity index (χ4v) is 4.35. The lowest BCUT2D eigenvalue weighted by Crippen LogP contribution is -2.45. The Kier molecular flexibility index (Phi) is 3.25. The minimum Gasteiger partial charge on any atom is -0.465 e. The molecule has 1 aromatic rings. The van der Waals surface area contributed by atoms with Crippen LogP contribution in [0.25, 0.3) is 0 Å². The highest BCUT2D eigenvalue weighted by Crippen LogP contribution is 2.41. The van der Waals surface area contributed by atoms with Gasteiger partial charge < -0.3 is 10.5 Å². The molecular weight excluding hydrogens is 280 g/mol. The number of benzene rings is 1. The van der Waals surface area contributed by atoms with Crippen molar-refractivity contribution in [3.63, 3.8) is 0 Å². The molecule has 0 unspecified atom stereocenters. The van der Waals surface area contributed by atoms with E-state index in [1.165, 1.54) is 0 Å². The number of hydrogen-bond acceptors (Lipinski definition) is 5. The van der Waals surface area contributed by atoms with E-state index in [1.54, 1.807) is 44.2 Å². The second-order valence-electron chi connectivity index (χ2n) is 4.90. The molecule has 0 atom stereocenters. The van der Waals surface area contributed by atoms with Crippen LogP contribution in [-0.2, 0) is 19.6 Å². The van der Waals surface area contributed by atoms with Gasteiger partial charge in [0, 0.05) is 0 Å². The summed E-state index contributed by atoms with van der Waals surface area (Å²) < 4.78 is 30.9. The molecule has 7 heteroatoms. The zero-order chi connectivity index (χ0) is 15.1. The molecule has 0 saturated carbocycles. The van der Waals surface area contributed by atoms with Gasteiger partial charge in [-0.1, -0.05) is 18.2 Å². The molecule has 0 aliphatic carbocycles. The number of para-hydroxylation sites is 1. The van der Waals surface area contributed by atoms with Crippen molar-refractivity contribution in [2.45, 2.75) is 19.4 Å². The Morgan fingerprint density at radius 3 is 2.30 bits per heavy atom. The summed E-state index contributed by atoms with van der Waals surface area (Å²) in [5.74, 6) is -0.950. The molecule has 0 spiro atoms. The van der Waals surface area contributed by atoms with Gasteiger partial charge in [0.15, 0.2) is 4.91 Å². The average Bonchev–Trinajstić information content (AvgIpc) is 2.52. The lowest BCUT2D eigenvalue weighted by atomic mass is 10.00. The highest BCUT2D eigenvalue weighted by atomic mass is 32.2. The summed E-state index contributed by atoms with van der Waals surface area (Å²) in [5.41, 5.74) is 5.28. The van der Waals surface area contributed by atoms with E-state index in [-0.39, 0.29) is 5.70 Å². The molecule has 6 nitrogen and oxygen atoms in total. The van der Waals surface area contributed by atoms with E-state index in [4.69, 9.17) is 5.73 Å². The minimum absolute atomic E-state index is 0.0202. The molecule has 0 saturated heterocycles. The molecule has 108 valence electrons. The van der Waals surface area contributed by atoms with Crippen LogP contribution in [0.3, 0.4) is 0 Å². The highest BCUT2D eigenvalue weighted by molar-refractivity contribution is 7.98. The molecule has 1 aliphatic heterocycles. The maximum absolute atomic E-state index is 12.6. The lowest BCUT2D eigenvalue weighted by Gasteiger charge is -2.32. The fraction of sp³-hybridized carbons (Fsp3) is 0.308. The van der Waals surface area contributed by atoms with Crippen molar-refractivity contribution in [3.05, 3.63) is 40.9 Å². The molecule has 0 amide bonds. The number of anilines is 1. The maximum Gasteiger partial charge on any atom is 0.353 e. The molecule has 1 aliphatic rings. The molecule has 2 rings (SSSR count). The number of nitrogens with two attached hydrogens (primary N) is 1. The van der Waals surface area contributed by atoms with Gasteiger partial charge >= 0.3 is 5.97 Å². The Morgan fingerprint density at radius 1 is 1.25 bits per heavy atom. The maximum atomic E-state index is 12.6. The van der Waals surface area contributed by atoms with Crippen LogP contribution in [0.15, 0.2) is 40.9 Å². The van der Waals surface area contributed by atoms with Gasteiger partial charge in [0.05, 0.1) is 24.0 Å². The normalized spacial score (nSPS) is 20.1. The fourth-order valence-electron chi connectivity index (χ4n) is 2.25. The molecule has 0 fully saturated rings. The van der Waals surface area contributed by atoms with E-state index >= 15 is 0 Å². The van der Waals surface area contributed by atoms with E-state index in [1.807, 2.05) is 0 Å². The van der Waals surface area contributed by atoms with Crippen LogP contribution in [0.4, 0.5) is 5.69 Å². The van der Waals surface area contributed by atoms with Gasteiger partial charge in [0.2, 0.25) is 0 Å². The first kappa shape index (κ1) is 14.4. The van der Waals surface area contributed by atoms with Gasteiger partial charge in [-0.15, -0.1) is 0 Å². The van der Waals surface area contributed by atoms with Gasteiger partial charge in [-0.2, -0.15) is 0 Å². The van der Waals surface area contributed by atoms with E-state index in [9.17, 15) is 13.2 Å². The van der Waals surface area contributed by atoms with Crippen LogP contribution < -0.4 is 10.0 Å². The van der Waals surface area contributed by atoms with Crippen LogP contribution in [0, 0.1) is 0 Å². The Labute approximate surface area is 117 Å². The van der Waals surface area contributed by atoms with Gasteiger partial charge in [0.1, 0.15) is 0 Å². The number of carbonyl (C=O) groups excluding carboxylic acids is 1. The number of hydrogen-bond donors (Lipinski definition) is 1. The Hall–Kier alpha value is -2.02. The summed E-state index contributed by atoms with van der Waals surface area (Å²) in [7, 11) is -2.91. The van der Waals surface area contributed by atoms with Crippen molar-refractivity contribution in [2.24, 2.45) is 5.73 Å². The topological polar surface area (TPSA) is 89.7 Å². The van der Waals surface area contributed by atoms with Gasteiger partial charge in [0.25, 0.3) is 10.0 Å². The zero-order valence-electron chi connectivity index (χ0n) is 11.5. The first-order valence-corrected chi connectivity index (χ1v) is 7.37. The summed E-state index contributed by atoms with van der Waals surface area (Å²) in [4.78, 5) is 11.2. The van der Waals surface area contributed by atoms with E-state index in [0.29, 0.717) is 5.69 Å². The Morgan fingerprint density at radius 2 is 1.80 bits per heavy atom. The predicted octanol–water partition coefficient (Wildman–Crippen LogP) is 0.958. The summed E-state index contributed by atoms with van der Waals surface area (Å²) >= 11 is 0. The second-order valence-corrected chi connectivity index (χ2v) is 6.62. The standard InChI is InChI=1S/C13H16N2O4S/c1-13(2)11(14)10(12(16)19-3)20(17,18)15(13)9-7-5-4-6-8-9/h4-8H,14H2,1-3H3. The third kappa shape index (κ3) is 1.85. The van der Waals surface area contributed by atoms with Crippen LogP contribution in [0.2, 0.25) is 0 Å². The smallest absolute Gasteiger partial charge is 0.353 e. The van der Waals surface area contributed by atoms with Gasteiger partial charge in [-0.3, -0.25) is 4.31 Å². The molecular formula is C13H16N2O4S. The van der Waals surface area contributed by atoms with Crippen LogP contribution in [0.5, 0.6) is 0 Å². The van der Waals surface area contributed by atoms with Crippen molar-refractivity contribution in [1.29, 1.82) is 0 Å². The summed E-state index contributed by atoms with van der Waals surface area (Å²) in [5, 5.41) is 0. The number of sulfonamides is 1. The molecule has 0 radical (unpaired) electrons. The number of rotatable bonds is 2. The highest BCUT2D eigenvalue weighted by Gasteiger charge is 2.52. The summed E-state index contributed by atoms with van der Waals surface area (Å²) in [6.07, 6.45) is 0. The van der Waals surface area contributed by atoms with Crippen molar-refractivity contribution >= 4 is 21.7 Å².